The van der Waals surface area contributed by atoms with E-state index < -0.39 is 11.7 Å². The minimum atomic E-state index is -0.577. The minimum absolute atomic E-state index is 0.0212. The van der Waals surface area contributed by atoms with Crippen molar-refractivity contribution in [2.24, 2.45) is 0 Å². The SMILES string of the molecule is Nc1ccccc1C(=O)Nc1c(Cl)cc(F)cc1Cl. The molecule has 2 rings (SSSR count). The maximum Gasteiger partial charge on any atom is 0.257 e. The second kappa shape index (κ2) is 5.47. The van der Waals surface area contributed by atoms with Crippen LogP contribution in [-0.2, 0) is 0 Å². The standard InChI is InChI=1S/C13H9Cl2FN2O/c14-9-5-7(16)6-10(15)12(9)18-13(19)8-3-1-2-4-11(8)17/h1-6H,17H2,(H,18,19). The molecule has 0 unspecified atom stereocenters. The lowest BCUT2D eigenvalue weighted by atomic mass is 10.1. The summed E-state index contributed by atoms with van der Waals surface area (Å²) in [7, 11) is 0. The van der Waals surface area contributed by atoms with Crippen molar-refractivity contribution in [1.82, 2.24) is 0 Å². The molecule has 0 atom stereocenters. The topological polar surface area (TPSA) is 55.1 Å². The van der Waals surface area contributed by atoms with Gasteiger partial charge >= 0.3 is 0 Å². The van der Waals surface area contributed by atoms with Gasteiger partial charge in [-0.2, -0.15) is 0 Å². The van der Waals surface area contributed by atoms with Crippen LogP contribution in [0.4, 0.5) is 15.8 Å². The molecule has 3 N–H and O–H groups in total. The van der Waals surface area contributed by atoms with E-state index in [1.165, 1.54) is 0 Å². The van der Waals surface area contributed by atoms with Crippen molar-refractivity contribution in [2.45, 2.75) is 0 Å². The number of hydrogen-bond donors (Lipinski definition) is 2. The summed E-state index contributed by atoms with van der Waals surface area (Å²) in [6.45, 7) is 0. The van der Waals surface area contributed by atoms with Crippen LogP contribution in [0.15, 0.2) is 36.4 Å². The second-order valence-corrected chi connectivity index (χ2v) is 4.60. The maximum atomic E-state index is 13.0. The van der Waals surface area contributed by atoms with Gasteiger partial charge in [0.1, 0.15) is 5.82 Å². The van der Waals surface area contributed by atoms with Crippen LogP contribution in [-0.4, -0.2) is 5.91 Å². The molecule has 19 heavy (non-hydrogen) atoms. The fourth-order valence-corrected chi connectivity index (χ4v) is 2.10. The Labute approximate surface area is 119 Å². The fourth-order valence-electron chi connectivity index (χ4n) is 1.55. The van der Waals surface area contributed by atoms with E-state index in [9.17, 15) is 9.18 Å². The number of carbonyl (C=O) groups excluding carboxylic acids is 1. The van der Waals surface area contributed by atoms with Crippen molar-refractivity contribution in [1.29, 1.82) is 0 Å². The van der Waals surface area contributed by atoms with Crippen molar-refractivity contribution in [3.05, 3.63) is 57.8 Å². The van der Waals surface area contributed by atoms with E-state index in [-0.39, 0.29) is 15.7 Å². The first-order chi connectivity index (χ1) is 8.99. The lowest BCUT2D eigenvalue weighted by Crippen LogP contribution is -2.14. The highest BCUT2D eigenvalue weighted by Gasteiger charge is 2.14. The van der Waals surface area contributed by atoms with Crippen LogP contribution in [0.5, 0.6) is 0 Å². The molecule has 0 fully saturated rings. The third kappa shape index (κ3) is 2.97. The van der Waals surface area contributed by atoms with Crippen LogP contribution >= 0.6 is 23.2 Å². The monoisotopic (exact) mass is 298 g/mol. The lowest BCUT2D eigenvalue weighted by Gasteiger charge is -2.10. The van der Waals surface area contributed by atoms with Gasteiger partial charge in [-0.15, -0.1) is 0 Å². The first kappa shape index (κ1) is 13.6. The van der Waals surface area contributed by atoms with E-state index in [0.717, 1.165) is 12.1 Å². The van der Waals surface area contributed by atoms with Crippen LogP contribution in [0, 0.1) is 5.82 Å². The average Bonchev–Trinajstić information content (AvgIpc) is 2.34. The molecule has 0 spiro atoms. The van der Waals surface area contributed by atoms with E-state index in [1.54, 1.807) is 24.3 Å². The molecule has 0 aliphatic heterocycles. The molecule has 6 heteroatoms. The van der Waals surface area contributed by atoms with Gasteiger partial charge < -0.3 is 11.1 Å². The molecule has 0 radical (unpaired) electrons. The number of para-hydroxylation sites is 1. The van der Waals surface area contributed by atoms with E-state index in [2.05, 4.69) is 5.32 Å². The fraction of sp³-hybridized carbons (Fsp3) is 0. The van der Waals surface area contributed by atoms with Gasteiger partial charge in [0, 0.05) is 5.69 Å². The van der Waals surface area contributed by atoms with Crippen LogP contribution in [0.3, 0.4) is 0 Å². The largest absolute Gasteiger partial charge is 0.398 e. The molecule has 0 bridgehead atoms. The number of anilines is 2. The molecule has 2 aromatic carbocycles. The molecule has 3 nitrogen and oxygen atoms in total. The summed E-state index contributed by atoms with van der Waals surface area (Å²) in [5.41, 5.74) is 6.46. The second-order valence-electron chi connectivity index (χ2n) is 3.79. The third-order valence-corrected chi connectivity index (χ3v) is 3.05. The molecule has 0 aliphatic rings. The quantitative estimate of drug-likeness (QED) is 0.824. The first-order valence-corrected chi connectivity index (χ1v) is 6.05. The van der Waals surface area contributed by atoms with E-state index in [4.69, 9.17) is 28.9 Å². The molecule has 0 aliphatic carbocycles. The smallest absolute Gasteiger partial charge is 0.257 e. The normalized spacial score (nSPS) is 10.3. The number of carbonyl (C=O) groups is 1. The van der Waals surface area contributed by atoms with Crippen molar-refractivity contribution < 1.29 is 9.18 Å². The molecule has 1 amide bonds. The number of nitrogens with two attached hydrogens (primary N) is 1. The molecular weight excluding hydrogens is 290 g/mol. The zero-order chi connectivity index (χ0) is 14.0. The number of amides is 1. The number of halogens is 3. The predicted molar refractivity (Wildman–Crippen MR) is 75.2 cm³/mol. The Morgan fingerprint density at radius 3 is 2.32 bits per heavy atom. The minimum Gasteiger partial charge on any atom is -0.398 e. The number of hydrogen-bond acceptors (Lipinski definition) is 2. The van der Waals surface area contributed by atoms with Crippen molar-refractivity contribution in [2.75, 3.05) is 11.1 Å². The van der Waals surface area contributed by atoms with Crippen LogP contribution in [0.1, 0.15) is 10.4 Å². The Morgan fingerprint density at radius 2 is 1.74 bits per heavy atom. The Bertz CT molecular complexity index is 623. The van der Waals surface area contributed by atoms with Gasteiger partial charge in [0.2, 0.25) is 0 Å². The maximum absolute atomic E-state index is 13.0. The Balaban J connectivity index is 2.32. The van der Waals surface area contributed by atoms with Gasteiger partial charge in [0.05, 0.1) is 21.3 Å². The number of nitrogens with one attached hydrogen (secondary N) is 1. The number of rotatable bonds is 2. The highest BCUT2D eigenvalue weighted by molar-refractivity contribution is 6.40. The average molecular weight is 299 g/mol. The van der Waals surface area contributed by atoms with Gasteiger partial charge in [0.15, 0.2) is 0 Å². The van der Waals surface area contributed by atoms with Crippen molar-refractivity contribution in [3.63, 3.8) is 0 Å². The third-order valence-electron chi connectivity index (χ3n) is 2.45. The summed E-state index contributed by atoms with van der Waals surface area (Å²) in [5, 5.41) is 2.56. The summed E-state index contributed by atoms with van der Waals surface area (Å²) in [6.07, 6.45) is 0. The summed E-state index contributed by atoms with van der Waals surface area (Å²) >= 11 is 11.7. The van der Waals surface area contributed by atoms with Crippen molar-refractivity contribution >= 4 is 40.5 Å². The summed E-state index contributed by atoms with van der Waals surface area (Å²) in [4.78, 5) is 12.0. The van der Waals surface area contributed by atoms with Crippen molar-refractivity contribution in [3.8, 4) is 0 Å². The number of benzene rings is 2. The Hall–Kier alpha value is -1.78. The van der Waals surface area contributed by atoms with Crippen LogP contribution < -0.4 is 11.1 Å². The Kier molecular flexibility index (Phi) is 3.93. The van der Waals surface area contributed by atoms with Gasteiger partial charge in [-0.1, -0.05) is 35.3 Å². The summed E-state index contributed by atoms with van der Waals surface area (Å²) in [5.74, 6) is -1.04. The molecule has 98 valence electrons. The molecule has 2 aromatic rings. The van der Waals surface area contributed by atoms with Gasteiger partial charge in [0.25, 0.3) is 5.91 Å². The zero-order valence-corrected chi connectivity index (χ0v) is 11.1. The first-order valence-electron chi connectivity index (χ1n) is 5.29. The van der Waals surface area contributed by atoms with Gasteiger partial charge in [-0.3, -0.25) is 4.79 Å². The molecule has 0 heterocycles. The van der Waals surface area contributed by atoms with Gasteiger partial charge in [-0.25, -0.2) is 4.39 Å². The summed E-state index contributed by atoms with van der Waals surface area (Å²) in [6, 6.07) is 8.69. The van der Waals surface area contributed by atoms with Gasteiger partial charge in [-0.05, 0) is 24.3 Å². The number of nitrogen functional groups attached to an aromatic ring is 1. The summed E-state index contributed by atoms with van der Waals surface area (Å²) < 4.78 is 13.0. The van der Waals surface area contributed by atoms with Crippen LogP contribution in [0.25, 0.3) is 0 Å². The van der Waals surface area contributed by atoms with Crippen LogP contribution in [0.2, 0.25) is 10.0 Å². The molecular formula is C13H9Cl2FN2O. The van der Waals surface area contributed by atoms with E-state index >= 15 is 0 Å². The highest BCUT2D eigenvalue weighted by Crippen LogP contribution is 2.32. The van der Waals surface area contributed by atoms with E-state index in [0.29, 0.717) is 11.3 Å². The Morgan fingerprint density at radius 1 is 1.16 bits per heavy atom. The van der Waals surface area contributed by atoms with E-state index in [1.807, 2.05) is 0 Å². The molecule has 0 saturated carbocycles. The lowest BCUT2D eigenvalue weighted by molar-refractivity contribution is 0.102. The zero-order valence-electron chi connectivity index (χ0n) is 9.58. The highest BCUT2D eigenvalue weighted by atomic mass is 35.5. The predicted octanol–water partition coefficient (Wildman–Crippen LogP) is 3.97. The molecule has 0 aromatic heterocycles. The molecule has 0 saturated heterocycles.